The Bertz CT molecular complexity index is 1240. The van der Waals surface area contributed by atoms with Gasteiger partial charge in [-0.25, -0.2) is 8.42 Å². The molecular weight excluding hydrogens is 486 g/mol. The van der Waals surface area contributed by atoms with Gasteiger partial charge in [0.05, 0.1) is 10.6 Å². The van der Waals surface area contributed by atoms with Crippen molar-refractivity contribution in [3.63, 3.8) is 0 Å². The molecule has 0 aliphatic heterocycles. The van der Waals surface area contributed by atoms with E-state index in [9.17, 15) is 18.0 Å². The number of hydrogen-bond donors (Lipinski definition) is 1. The molecule has 184 valence electrons. The Hall–Kier alpha value is -3.36. The summed E-state index contributed by atoms with van der Waals surface area (Å²) in [5.41, 5.74) is 1.11. The van der Waals surface area contributed by atoms with Crippen LogP contribution >= 0.6 is 11.6 Å². The first-order chi connectivity index (χ1) is 16.7. The third-order valence-corrected chi connectivity index (χ3v) is 7.48. The highest BCUT2D eigenvalue weighted by atomic mass is 35.5. The van der Waals surface area contributed by atoms with Crippen molar-refractivity contribution in [3.8, 4) is 0 Å². The molecular formula is C26H28ClN3O4S. The minimum Gasteiger partial charge on any atom is -0.355 e. The number of amides is 2. The van der Waals surface area contributed by atoms with E-state index < -0.39 is 28.5 Å². The number of likely N-dealkylation sites (N-methyl/N-ethyl adjacent to an activating group) is 1. The van der Waals surface area contributed by atoms with Crippen LogP contribution < -0.4 is 9.62 Å². The van der Waals surface area contributed by atoms with E-state index in [4.69, 9.17) is 11.6 Å². The van der Waals surface area contributed by atoms with Crippen LogP contribution in [0.2, 0.25) is 5.02 Å². The molecule has 0 unspecified atom stereocenters. The number of carbonyl (C=O) groups excluding carboxylic acids is 2. The van der Waals surface area contributed by atoms with Crippen molar-refractivity contribution in [1.82, 2.24) is 10.2 Å². The minimum absolute atomic E-state index is 0.0501. The Balaban J connectivity index is 2.00. The Kier molecular flexibility index (Phi) is 8.89. The maximum Gasteiger partial charge on any atom is 0.264 e. The van der Waals surface area contributed by atoms with Crippen LogP contribution in [0.5, 0.6) is 0 Å². The number of nitrogens with one attached hydrogen (secondary N) is 1. The van der Waals surface area contributed by atoms with Crippen LogP contribution in [0.3, 0.4) is 0 Å². The summed E-state index contributed by atoms with van der Waals surface area (Å²) < 4.78 is 28.2. The first-order valence-corrected chi connectivity index (χ1v) is 13.0. The van der Waals surface area contributed by atoms with E-state index in [0.717, 1.165) is 9.87 Å². The lowest BCUT2D eigenvalue weighted by Gasteiger charge is -2.32. The first kappa shape index (κ1) is 26.2. The van der Waals surface area contributed by atoms with Crippen molar-refractivity contribution in [2.45, 2.75) is 31.3 Å². The summed E-state index contributed by atoms with van der Waals surface area (Å²) in [6.07, 6.45) is 0. The second-order valence-electron chi connectivity index (χ2n) is 7.88. The largest absolute Gasteiger partial charge is 0.355 e. The summed E-state index contributed by atoms with van der Waals surface area (Å²) in [6, 6.07) is 22.6. The molecule has 0 saturated heterocycles. The second kappa shape index (κ2) is 11.9. The molecule has 0 bridgehead atoms. The predicted molar refractivity (Wildman–Crippen MR) is 138 cm³/mol. The molecule has 35 heavy (non-hydrogen) atoms. The highest BCUT2D eigenvalue weighted by Crippen LogP contribution is 2.26. The van der Waals surface area contributed by atoms with Gasteiger partial charge in [0, 0.05) is 18.1 Å². The standard InChI is InChI=1S/C26H28ClN3O4S/c1-3-28-26(32)20(2)29(18-21-10-6-4-7-11-21)25(31)19-30(23-16-14-22(27)15-17-23)35(33,34)24-12-8-5-9-13-24/h4-17,20H,3,18-19H2,1-2H3,(H,28,32)/t20-/m0/s1. The molecule has 3 rings (SSSR count). The van der Waals surface area contributed by atoms with Gasteiger partial charge in [-0.05, 0) is 55.8 Å². The monoisotopic (exact) mass is 513 g/mol. The number of anilines is 1. The molecule has 0 heterocycles. The maximum absolute atomic E-state index is 13.6. The van der Waals surface area contributed by atoms with Crippen molar-refractivity contribution in [2.24, 2.45) is 0 Å². The third kappa shape index (κ3) is 6.61. The topological polar surface area (TPSA) is 86.8 Å². The number of hydrogen-bond acceptors (Lipinski definition) is 4. The molecule has 1 N–H and O–H groups in total. The van der Waals surface area contributed by atoms with E-state index >= 15 is 0 Å². The van der Waals surface area contributed by atoms with Crippen LogP contribution in [0.1, 0.15) is 19.4 Å². The van der Waals surface area contributed by atoms with Gasteiger partial charge in [0.15, 0.2) is 0 Å². The number of sulfonamides is 1. The lowest BCUT2D eigenvalue weighted by atomic mass is 10.1. The average Bonchev–Trinajstić information content (AvgIpc) is 2.87. The minimum atomic E-state index is -4.08. The normalized spacial score (nSPS) is 12.0. The number of halogens is 1. The molecule has 2 amide bonds. The van der Waals surface area contributed by atoms with Crippen molar-refractivity contribution < 1.29 is 18.0 Å². The second-order valence-corrected chi connectivity index (χ2v) is 10.2. The van der Waals surface area contributed by atoms with Gasteiger partial charge in [0.1, 0.15) is 12.6 Å². The molecule has 9 heteroatoms. The molecule has 3 aromatic carbocycles. The van der Waals surface area contributed by atoms with Crippen molar-refractivity contribution in [3.05, 3.63) is 95.5 Å². The van der Waals surface area contributed by atoms with Gasteiger partial charge in [-0.3, -0.25) is 13.9 Å². The number of carbonyl (C=O) groups is 2. The van der Waals surface area contributed by atoms with E-state index in [1.807, 2.05) is 30.3 Å². The number of benzene rings is 3. The molecule has 0 aromatic heterocycles. The fraction of sp³-hybridized carbons (Fsp3) is 0.231. The summed E-state index contributed by atoms with van der Waals surface area (Å²) in [4.78, 5) is 27.7. The fourth-order valence-corrected chi connectivity index (χ4v) is 5.10. The zero-order valence-corrected chi connectivity index (χ0v) is 21.2. The lowest BCUT2D eigenvalue weighted by molar-refractivity contribution is -0.139. The summed E-state index contributed by atoms with van der Waals surface area (Å²) in [6.45, 7) is 3.50. The molecule has 0 radical (unpaired) electrons. The molecule has 0 spiro atoms. The van der Waals surface area contributed by atoms with E-state index in [1.165, 1.54) is 17.0 Å². The Morgan fingerprint density at radius 2 is 1.49 bits per heavy atom. The Labute approximate surface area is 211 Å². The van der Waals surface area contributed by atoms with Crippen molar-refractivity contribution >= 4 is 39.1 Å². The fourth-order valence-electron chi connectivity index (χ4n) is 3.54. The summed E-state index contributed by atoms with van der Waals surface area (Å²) in [7, 11) is -4.08. The first-order valence-electron chi connectivity index (χ1n) is 11.2. The highest BCUT2D eigenvalue weighted by Gasteiger charge is 2.32. The van der Waals surface area contributed by atoms with Gasteiger partial charge in [0.2, 0.25) is 11.8 Å². The van der Waals surface area contributed by atoms with E-state index in [-0.39, 0.29) is 23.0 Å². The molecule has 0 aliphatic carbocycles. The van der Waals surface area contributed by atoms with Crippen LogP contribution in [0.15, 0.2) is 89.8 Å². The van der Waals surface area contributed by atoms with Crippen LogP contribution in [0.25, 0.3) is 0 Å². The lowest BCUT2D eigenvalue weighted by Crippen LogP contribution is -2.51. The molecule has 0 saturated carbocycles. The van der Waals surface area contributed by atoms with Crippen molar-refractivity contribution in [1.29, 1.82) is 0 Å². The van der Waals surface area contributed by atoms with Crippen LogP contribution in [0.4, 0.5) is 5.69 Å². The van der Waals surface area contributed by atoms with Crippen LogP contribution in [-0.4, -0.2) is 44.3 Å². The summed E-state index contributed by atoms with van der Waals surface area (Å²) in [5.74, 6) is -0.831. The van der Waals surface area contributed by atoms with Gasteiger partial charge >= 0.3 is 0 Å². The highest BCUT2D eigenvalue weighted by molar-refractivity contribution is 7.92. The third-order valence-electron chi connectivity index (χ3n) is 5.44. The Morgan fingerprint density at radius 3 is 2.06 bits per heavy atom. The van der Waals surface area contributed by atoms with E-state index in [0.29, 0.717) is 11.6 Å². The quantitative estimate of drug-likeness (QED) is 0.442. The SMILES string of the molecule is CCNC(=O)[C@H](C)N(Cc1ccccc1)C(=O)CN(c1ccc(Cl)cc1)S(=O)(=O)c1ccccc1. The zero-order valence-electron chi connectivity index (χ0n) is 19.6. The van der Waals surface area contributed by atoms with Gasteiger partial charge in [-0.15, -0.1) is 0 Å². The number of nitrogens with zero attached hydrogens (tertiary/aromatic N) is 2. The van der Waals surface area contributed by atoms with E-state index in [1.54, 1.807) is 56.3 Å². The zero-order chi connectivity index (χ0) is 25.4. The molecule has 1 atom stereocenters. The number of rotatable bonds is 10. The molecule has 7 nitrogen and oxygen atoms in total. The smallest absolute Gasteiger partial charge is 0.264 e. The molecule has 3 aromatic rings. The van der Waals surface area contributed by atoms with Crippen molar-refractivity contribution in [2.75, 3.05) is 17.4 Å². The van der Waals surface area contributed by atoms with Gasteiger partial charge in [-0.2, -0.15) is 0 Å². The summed E-state index contributed by atoms with van der Waals surface area (Å²) in [5, 5.41) is 3.17. The van der Waals surface area contributed by atoms with Gasteiger partial charge < -0.3 is 10.2 Å². The predicted octanol–water partition coefficient (Wildman–Crippen LogP) is 4.09. The maximum atomic E-state index is 13.6. The van der Waals surface area contributed by atoms with Crippen LogP contribution in [0, 0.1) is 0 Å². The van der Waals surface area contributed by atoms with Crippen LogP contribution in [-0.2, 0) is 26.2 Å². The Morgan fingerprint density at radius 1 is 0.914 bits per heavy atom. The van der Waals surface area contributed by atoms with Gasteiger partial charge in [-0.1, -0.05) is 60.1 Å². The van der Waals surface area contributed by atoms with E-state index in [2.05, 4.69) is 5.32 Å². The molecule has 0 aliphatic rings. The van der Waals surface area contributed by atoms with Gasteiger partial charge in [0.25, 0.3) is 10.0 Å². The average molecular weight is 514 g/mol. The summed E-state index contributed by atoms with van der Waals surface area (Å²) >= 11 is 6.01. The molecule has 0 fully saturated rings.